The van der Waals surface area contributed by atoms with Crippen molar-refractivity contribution in [2.75, 3.05) is 19.0 Å². The van der Waals surface area contributed by atoms with Gasteiger partial charge in [0.05, 0.1) is 18.2 Å². The van der Waals surface area contributed by atoms with Gasteiger partial charge in [-0.25, -0.2) is 4.79 Å². The van der Waals surface area contributed by atoms with Gasteiger partial charge in [0.25, 0.3) is 5.91 Å². The number of nitrogens with one attached hydrogen (secondary N) is 2. The van der Waals surface area contributed by atoms with Crippen molar-refractivity contribution in [2.45, 2.75) is 33.7 Å². The van der Waals surface area contributed by atoms with Gasteiger partial charge in [-0.2, -0.15) is 0 Å². The van der Waals surface area contributed by atoms with Gasteiger partial charge in [0.15, 0.2) is 5.11 Å². The van der Waals surface area contributed by atoms with Crippen molar-refractivity contribution < 1.29 is 14.3 Å². The first-order chi connectivity index (χ1) is 15.2. The number of carbonyl (C=O) groups is 2. The fraction of sp³-hybridized carbons (Fsp3) is 0.320. The zero-order chi connectivity index (χ0) is 23.4. The lowest BCUT2D eigenvalue weighted by atomic mass is 9.95. The second kappa shape index (κ2) is 9.96. The quantitative estimate of drug-likeness (QED) is 0.495. The number of aryl methyl sites for hydroxylation is 1. The van der Waals surface area contributed by atoms with Gasteiger partial charge in [-0.15, -0.1) is 0 Å². The summed E-state index contributed by atoms with van der Waals surface area (Å²) in [4.78, 5) is 27.2. The van der Waals surface area contributed by atoms with E-state index in [2.05, 4.69) is 10.6 Å². The molecule has 6 nitrogen and oxygen atoms in total. The van der Waals surface area contributed by atoms with Crippen LogP contribution in [0, 0.1) is 12.8 Å². The molecule has 1 aliphatic rings. The Hall–Kier alpha value is -3.19. The molecule has 0 aliphatic carbocycles. The van der Waals surface area contributed by atoms with E-state index in [-0.39, 0.29) is 17.8 Å². The molecule has 1 amide bonds. The Morgan fingerprint density at radius 2 is 1.72 bits per heavy atom. The first kappa shape index (κ1) is 23.5. The van der Waals surface area contributed by atoms with E-state index in [0.717, 1.165) is 16.8 Å². The number of thiocarbonyl (C=S) groups is 1. The Morgan fingerprint density at radius 1 is 1.09 bits per heavy atom. The second-order valence-corrected chi connectivity index (χ2v) is 8.76. The lowest BCUT2D eigenvalue weighted by Gasteiger charge is -2.35. The van der Waals surface area contributed by atoms with E-state index >= 15 is 0 Å². The minimum Gasteiger partial charge on any atom is -0.462 e. The van der Waals surface area contributed by atoms with Crippen LogP contribution in [-0.4, -0.2) is 35.5 Å². The SMILES string of the molecule is CC1=C(C(=O)OCC(C)C)C(c2ccc(NC(=O)c3ccc(C)cc3)cc2)NC(=S)N1C. The van der Waals surface area contributed by atoms with Crippen molar-refractivity contribution in [2.24, 2.45) is 5.92 Å². The zero-order valence-corrected chi connectivity index (χ0v) is 19.9. The highest BCUT2D eigenvalue weighted by Crippen LogP contribution is 2.31. The first-order valence-corrected chi connectivity index (χ1v) is 11.0. The van der Waals surface area contributed by atoms with E-state index in [0.29, 0.717) is 28.5 Å². The molecular formula is C25H29N3O3S. The molecule has 1 heterocycles. The standard InChI is InChI=1S/C25H29N3O3S/c1-15(2)14-31-24(30)21-17(4)28(5)25(32)27-22(21)18-10-12-20(13-11-18)26-23(29)19-8-6-16(3)7-9-19/h6-13,15,22H,14H2,1-5H3,(H,26,29)(H,27,32). The van der Waals surface area contributed by atoms with E-state index in [4.69, 9.17) is 17.0 Å². The van der Waals surface area contributed by atoms with Gasteiger partial charge in [0.2, 0.25) is 0 Å². The number of rotatable bonds is 6. The third-order valence-corrected chi connectivity index (χ3v) is 5.73. The van der Waals surface area contributed by atoms with E-state index in [9.17, 15) is 9.59 Å². The molecule has 1 atom stereocenters. The average Bonchev–Trinajstić information content (AvgIpc) is 2.76. The van der Waals surface area contributed by atoms with E-state index < -0.39 is 6.04 Å². The minimum absolute atomic E-state index is 0.176. The molecule has 7 heteroatoms. The molecule has 168 valence electrons. The third kappa shape index (κ3) is 5.34. The Bertz CT molecular complexity index is 1040. The fourth-order valence-electron chi connectivity index (χ4n) is 3.34. The van der Waals surface area contributed by atoms with Crippen LogP contribution in [0.4, 0.5) is 5.69 Å². The number of benzene rings is 2. The molecule has 2 N–H and O–H groups in total. The normalized spacial score (nSPS) is 16.1. The Kier molecular flexibility index (Phi) is 7.30. The summed E-state index contributed by atoms with van der Waals surface area (Å²) < 4.78 is 5.52. The Balaban J connectivity index is 1.81. The number of nitrogens with zero attached hydrogens (tertiary/aromatic N) is 1. The topological polar surface area (TPSA) is 70.7 Å². The van der Waals surface area contributed by atoms with Gasteiger partial charge in [0.1, 0.15) is 0 Å². The van der Waals surface area contributed by atoms with Crippen LogP contribution in [0.3, 0.4) is 0 Å². The summed E-state index contributed by atoms with van der Waals surface area (Å²) in [5, 5.41) is 6.67. The molecular weight excluding hydrogens is 422 g/mol. The molecule has 3 rings (SSSR count). The number of hydrogen-bond donors (Lipinski definition) is 2. The predicted molar refractivity (Wildman–Crippen MR) is 130 cm³/mol. The summed E-state index contributed by atoms with van der Waals surface area (Å²) >= 11 is 5.45. The minimum atomic E-state index is -0.430. The van der Waals surface area contributed by atoms with E-state index in [1.807, 2.05) is 71.1 Å². The van der Waals surface area contributed by atoms with Crippen LogP contribution >= 0.6 is 12.2 Å². The van der Waals surface area contributed by atoms with Gasteiger partial charge in [-0.1, -0.05) is 43.7 Å². The predicted octanol–water partition coefficient (Wildman–Crippen LogP) is 4.58. The molecule has 0 aromatic heterocycles. The van der Waals surface area contributed by atoms with Gasteiger partial charge in [0, 0.05) is 24.0 Å². The summed E-state index contributed by atoms with van der Waals surface area (Å²) in [6.45, 7) is 8.18. The lowest BCUT2D eigenvalue weighted by molar-refractivity contribution is -0.140. The maximum atomic E-state index is 12.9. The number of carbonyl (C=O) groups excluding carboxylic acids is 2. The van der Waals surface area contributed by atoms with Crippen molar-refractivity contribution in [3.63, 3.8) is 0 Å². The summed E-state index contributed by atoms with van der Waals surface area (Å²) in [5.74, 6) is -0.296. The number of ether oxygens (including phenoxy) is 1. The number of amides is 1. The number of allylic oxidation sites excluding steroid dienone is 1. The molecule has 2 aromatic rings. The van der Waals surface area contributed by atoms with Crippen molar-refractivity contribution >= 4 is 34.9 Å². The molecule has 1 unspecified atom stereocenters. The molecule has 0 saturated heterocycles. The lowest BCUT2D eigenvalue weighted by Crippen LogP contribution is -2.46. The first-order valence-electron chi connectivity index (χ1n) is 10.6. The highest BCUT2D eigenvalue weighted by atomic mass is 32.1. The third-order valence-electron chi connectivity index (χ3n) is 5.34. The summed E-state index contributed by atoms with van der Waals surface area (Å²) in [5.41, 5.74) is 4.49. The van der Waals surface area contributed by atoms with Crippen LogP contribution in [0.25, 0.3) is 0 Å². The van der Waals surface area contributed by atoms with Crippen LogP contribution in [-0.2, 0) is 9.53 Å². The van der Waals surface area contributed by atoms with Gasteiger partial charge in [-0.05, 0) is 61.8 Å². The summed E-state index contributed by atoms with van der Waals surface area (Å²) in [6, 6.07) is 14.4. The van der Waals surface area contributed by atoms with Gasteiger partial charge < -0.3 is 20.3 Å². The molecule has 0 fully saturated rings. The van der Waals surface area contributed by atoms with Crippen molar-refractivity contribution in [1.29, 1.82) is 0 Å². The van der Waals surface area contributed by atoms with E-state index in [1.54, 1.807) is 17.0 Å². The maximum absolute atomic E-state index is 12.9. The Labute approximate surface area is 194 Å². The molecule has 0 bridgehead atoms. The summed E-state index contributed by atoms with van der Waals surface area (Å²) in [6.07, 6.45) is 0. The molecule has 2 aromatic carbocycles. The van der Waals surface area contributed by atoms with Crippen molar-refractivity contribution in [3.05, 3.63) is 76.5 Å². The van der Waals surface area contributed by atoms with Crippen molar-refractivity contribution in [1.82, 2.24) is 10.2 Å². The van der Waals surface area contributed by atoms with Gasteiger partial charge in [-0.3, -0.25) is 4.79 Å². The zero-order valence-electron chi connectivity index (χ0n) is 19.1. The molecule has 0 radical (unpaired) electrons. The average molecular weight is 452 g/mol. The highest BCUT2D eigenvalue weighted by Gasteiger charge is 2.33. The number of anilines is 1. The smallest absolute Gasteiger partial charge is 0.338 e. The van der Waals surface area contributed by atoms with Crippen LogP contribution in [0.2, 0.25) is 0 Å². The van der Waals surface area contributed by atoms with Crippen molar-refractivity contribution in [3.8, 4) is 0 Å². The maximum Gasteiger partial charge on any atom is 0.338 e. The second-order valence-electron chi connectivity index (χ2n) is 8.38. The fourth-order valence-corrected chi connectivity index (χ4v) is 3.59. The highest BCUT2D eigenvalue weighted by molar-refractivity contribution is 7.80. The number of esters is 1. The molecule has 1 aliphatic heterocycles. The van der Waals surface area contributed by atoms with E-state index in [1.165, 1.54) is 0 Å². The van der Waals surface area contributed by atoms with Crippen LogP contribution in [0.5, 0.6) is 0 Å². The molecule has 0 saturated carbocycles. The molecule has 0 spiro atoms. The van der Waals surface area contributed by atoms with Crippen LogP contribution in [0.1, 0.15) is 48.3 Å². The number of hydrogen-bond acceptors (Lipinski definition) is 4. The summed E-state index contributed by atoms with van der Waals surface area (Å²) in [7, 11) is 1.82. The largest absolute Gasteiger partial charge is 0.462 e. The Morgan fingerprint density at radius 3 is 2.31 bits per heavy atom. The monoisotopic (exact) mass is 451 g/mol. The molecule has 32 heavy (non-hydrogen) atoms. The van der Waals surface area contributed by atoms with Gasteiger partial charge >= 0.3 is 5.97 Å². The van der Waals surface area contributed by atoms with Crippen LogP contribution < -0.4 is 10.6 Å². The van der Waals surface area contributed by atoms with Crippen LogP contribution in [0.15, 0.2) is 59.8 Å².